The average Bonchev–Trinajstić information content (AvgIpc) is 2.34. The lowest BCUT2D eigenvalue weighted by atomic mass is 10.2. The Balaban J connectivity index is 2.42. The van der Waals surface area contributed by atoms with Gasteiger partial charge >= 0.3 is 7.82 Å². The molecule has 1 unspecified atom stereocenters. The first-order chi connectivity index (χ1) is 7.14. The number of phosphoric ester groups is 1. The van der Waals surface area contributed by atoms with E-state index in [2.05, 4.69) is 11.4 Å². The molecule has 0 fully saturated rings. The summed E-state index contributed by atoms with van der Waals surface area (Å²) < 4.78 is 20.8. The second-order valence-corrected chi connectivity index (χ2v) is 4.74. The average molecular weight is 232 g/mol. The van der Waals surface area contributed by atoms with Crippen LogP contribution < -0.4 is 0 Å². The zero-order valence-electron chi connectivity index (χ0n) is 8.83. The molecule has 0 aromatic rings. The summed E-state index contributed by atoms with van der Waals surface area (Å²) in [5, 5.41) is 0. The minimum absolute atomic E-state index is 0.128. The Labute approximate surface area is 90.2 Å². The van der Waals surface area contributed by atoms with Crippen molar-refractivity contribution in [1.29, 1.82) is 0 Å². The van der Waals surface area contributed by atoms with Gasteiger partial charge in [0, 0.05) is 0 Å². The maximum absolute atomic E-state index is 11.2. The van der Waals surface area contributed by atoms with E-state index in [1.165, 1.54) is 0 Å². The fourth-order valence-corrected chi connectivity index (χ4v) is 2.05. The van der Waals surface area contributed by atoms with Crippen LogP contribution in [0.2, 0.25) is 0 Å². The van der Waals surface area contributed by atoms with Gasteiger partial charge in [0.2, 0.25) is 0 Å². The zero-order chi connectivity index (χ0) is 11.1. The van der Waals surface area contributed by atoms with Crippen LogP contribution in [0.3, 0.4) is 0 Å². The van der Waals surface area contributed by atoms with Gasteiger partial charge in [0.15, 0.2) is 0 Å². The van der Waals surface area contributed by atoms with Crippen LogP contribution in [0.1, 0.15) is 26.2 Å². The number of hydrogen-bond donors (Lipinski definition) is 1. The molecule has 2 atom stereocenters. The SMILES string of the molecule is CCC/C=C/C[C@H]1C=CCOP(=O)(O)O1. The van der Waals surface area contributed by atoms with Gasteiger partial charge in [0.25, 0.3) is 0 Å². The van der Waals surface area contributed by atoms with Gasteiger partial charge in [-0.15, -0.1) is 0 Å². The van der Waals surface area contributed by atoms with E-state index in [9.17, 15) is 9.46 Å². The second-order valence-electron chi connectivity index (χ2n) is 3.33. The second kappa shape index (κ2) is 6.23. The predicted molar refractivity (Wildman–Crippen MR) is 58.5 cm³/mol. The third-order valence-corrected chi connectivity index (χ3v) is 2.96. The fourth-order valence-electron chi connectivity index (χ4n) is 1.22. The van der Waals surface area contributed by atoms with E-state index in [-0.39, 0.29) is 12.7 Å². The highest BCUT2D eigenvalue weighted by Crippen LogP contribution is 2.46. The first-order valence-corrected chi connectivity index (χ1v) is 6.61. The Morgan fingerprint density at radius 1 is 1.60 bits per heavy atom. The van der Waals surface area contributed by atoms with Crippen LogP contribution in [0.5, 0.6) is 0 Å². The Hall–Kier alpha value is -0.410. The molecule has 86 valence electrons. The molecule has 0 radical (unpaired) electrons. The Morgan fingerprint density at radius 2 is 2.40 bits per heavy atom. The van der Waals surface area contributed by atoms with E-state index in [1.54, 1.807) is 12.2 Å². The fraction of sp³-hybridized carbons (Fsp3) is 0.600. The Kier molecular flexibility index (Phi) is 5.26. The molecule has 0 bridgehead atoms. The van der Waals surface area contributed by atoms with Crippen molar-refractivity contribution in [1.82, 2.24) is 0 Å². The van der Waals surface area contributed by atoms with Gasteiger partial charge in [-0.1, -0.05) is 37.6 Å². The lowest BCUT2D eigenvalue weighted by Gasteiger charge is -2.13. The monoisotopic (exact) mass is 232 g/mol. The summed E-state index contributed by atoms with van der Waals surface area (Å²) in [7, 11) is -3.84. The first-order valence-electron chi connectivity index (χ1n) is 5.11. The molecule has 5 heteroatoms. The van der Waals surface area contributed by atoms with Gasteiger partial charge in [-0.05, 0) is 12.8 Å². The summed E-state index contributed by atoms with van der Waals surface area (Å²) >= 11 is 0. The molecule has 0 amide bonds. The van der Waals surface area contributed by atoms with Gasteiger partial charge in [0.05, 0.1) is 12.7 Å². The molecule has 0 spiro atoms. The van der Waals surface area contributed by atoms with Crippen molar-refractivity contribution in [3.8, 4) is 0 Å². The predicted octanol–water partition coefficient (Wildman–Crippen LogP) is 2.80. The van der Waals surface area contributed by atoms with Crippen molar-refractivity contribution >= 4 is 7.82 Å². The van der Waals surface area contributed by atoms with Gasteiger partial charge in [-0.3, -0.25) is 9.05 Å². The van der Waals surface area contributed by atoms with Crippen LogP contribution in [0.25, 0.3) is 0 Å². The maximum Gasteiger partial charge on any atom is 0.473 e. The molecular weight excluding hydrogens is 215 g/mol. The quantitative estimate of drug-likeness (QED) is 0.598. The lowest BCUT2D eigenvalue weighted by Crippen LogP contribution is -2.05. The molecule has 1 rings (SSSR count). The Bertz CT molecular complexity index is 285. The van der Waals surface area contributed by atoms with Crippen molar-refractivity contribution in [2.45, 2.75) is 32.3 Å². The molecule has 0 aliphatic carbocycles. The highest BCUT2D eigenvalue weighted by molar-refractivity contribution is 7.47. The maximum atomic E-state index is 11.2. The van der Waals surface area contributed by atoms with Crippen LogP contribution in [-0.4, -0.2) is 17.6 Å². The van der Waals surface area contributed by atoms with Crippen molar-refractivity contribution in [3.63, 3.8) is 0 Å². The van der Waals surface area contributed by atoms with Gasteiger partial charge in [-0.25, -0.2) is 4.57 Å². The smallest absolute Gasteiger partial charge is 0.302 e. The summed E-state index contributed by atoms with van der Waals surface area (Å²) in [6.07, 6.45) is 9.82. The van der Waals surface area contributed by atoms with Gasteiger partial charge in [-0.2, -0.15) is 0 Å². The summed E-state index contributed by atoms with van der Waals surface area (Å²) in [5.41, 5.74) is 0. The van der Waals surface area contributed by atoms with Crippen molar-refractivity contribution in [2.24, 2.45) is 0 Å². The molecule has 0 saturated carbocycles. The normalized spacial score (nSPS) is 32.0. The molecule has 1 aliphatic rings. The van der Waals surface area contributed by atoms with Crippen molar-refractivity contribution in [3.05, 3.63) is 24.3 Å². The molecule has 1 aliphatic heterocycles. The van der Waals surface area contributed by atoms with E-state index in [1.807, 2.05) is 12.2 Å². The summed E-state index contributed by atoms with van der Waals surface area (Å²) in [5.74, 6) is 0. The van der Waals surface area contributed by atoms with Crippen LogP contribution in [0.15, 0.2) is 24.3 Å². The highest BCUT2D eigenvalue weighted by atomic mass is 31.2. The van der Waals surface area contributed by atoms with Crippen molar-refractivity contribution < 1.29 is 18.5 Å². The summed E-state index contributed by atoms with van der Waals surface area (Å²) in [4.78, 5) is 9.17. The number of phosphoric acid groups is 1. The van der Waals surface area contributed by atoms with Crippen LogP contribution >= 0.6 is 7.82 Å². The Morgan fingerprint density at radius 3 is 3.13 bits per heavy atom. The molecule has 4 nitrogen and oxygen atoms in total. The lowest BCUT2D eigenvalue weighted by molar-refractivity contribution is 0.143. The van der Waals surface area contributed by atoms with Crippen LogP contribution in [0.4, 0.5) is 0 Å². The van der Waals surface area contributed by atoms with Crippen molar-refractivity contribution in [2.75, 3.05) is 6.61 Å². The third-order valence-electron chi connectivity index (χ3n) is 1.94. The van der Waals surface area contributed by atoms with Crippen LogP contribution in [-0.2, 0) is 13.6 Å². The van der Waals surface area contributed by atoms with E-state index >= 15 is 0 Å². The number of rotatable bonds is 4. The first kappa shape index (κ1) is 12.7. The van der Waals surface area contributed by atoms with E-state index in [0.29, 0.717) is 6.42 Å². The topological polar surface area (TPSA) is 55.8 Å². The largest absolute Gasteiger partial charge is 0.473 e. The highest BCUT2D eigenvalue weighted by Gasteiger charge is 2.26. The molecule has 1 heterocycles. The van der Waals surface area contributed by atoms with Gasteiger partial charge in [0.1, 0.15) is 0 Å². The standard InChI is InChI=1S/C10H17O4P/c1-2-3-4-5-7-10-8-6-9-13-15(11,12)14-10/h4-6,8,10H,2-3,7,9H2,1H3,(H,11,12)/b5-4+/t10-/m0/s1. The number of hydrogen-bond acceptors (Lipinski definition) is 3. The number of unbranched alkanes of at least 4 members (excludes halogenated alkanes) is 1. The molecule has 0 aromatic carbocycles. The number of allylic oxidation sites excluding steroid dienone is 1. The summed E-state index contributed by atoms with van der Waals surface area (Å²) in [6.45, 7) is 2.23. The minimum atomic E-state index is -3.84. The molecule has 0 saturated heterocycles. The van der Waals surface area contributed by atoms with E-state index in [4.69, 9.17) is 4.52 Å². The van der Waals surface area contributed by atoms with Gasteiger partial charge < -0.3 is 4.89 Å². The molecular formula is C10H17O4P. The molecule has 0 aromatic heterocycles. The van der Waals surface area contributed by atoms with E-state index < -0.39 is 7.82 Å². The molecule has 1 N–H and O–H groups in total. The molecule has 15 heavy (non-hydrogen) atoms. The zero-order valence-corrected chi connectivity index (χ0v) is 9.73. The van der Waals surface area contributed by atoms with Crippen LogP contribution in [0, 0.1) is 0 Å². The van der Waals surface area contributed by atoms with E-state index in [0.717, 1.165) is 12.8 Å². The third kappa shape index (κ3) is 5.28. The summed E-state index contributed by atoms with van der Waals surface area (Å²) in [6, 6.07) is 0. The minimum Gasteiger partial charge on any atom is -0.302 e.